The van der Waals surface area contributed by atoms with E-state index in [0.29, 0.717) is 6.04 Å². The second-order valence-corrected chi connectivity index (χ2v) is 5.50. The minimum atomic E-state index is 0.290. The van der Waals surface area contributed by atoms with Crippen LogP contribution in [-0.2, 0) is 0 Å². The van der Waals surface area contributed by atoms with Crippen molar-refractivity contribution < 1.29 is 0 Å². The van der Waals surface area contributed by atoms with Crippen LogP contribution in [0.25, 0.3) is 0 Å². The van der Waals surface area contributed by atoms with Gasteiger partial charge in [0.25, 0.3) is 0 Å². The highest BCUT2D eigenvalue weighted by molar-refractivity contribution is 4.96. The van der Waals surface area contributed by atoms with E-state index in [0.717, 1.165) is 18.3 Å². The van der Waals surface area contributed by atoms with Gasteiger partial charge in [-0.25, -0.2) is 0 Å². The molecule has 2 fully saturated rings. The number of nitriles is 1. The van der Waals surface area contributed by atoms with Crippen molar-refractivity contribution >= 4 is 0 Å². The smallest absolute Gasteiger partial charge is 0.0672 e. The number of hydrogen-bond acceptors (Lipinski definition) is 2. The predicted octanol–water partition coefficient (Wildman–Crippen LogP) is 2.66. The number of rotatable bonds is 3. The van der Waals surface area contributed by atoms with Crippen LogP contribution in [0.3, 0.4) is 0 Å². The van der Waals surface area contributed by atoms with E-state index in [9.17, 15) is 0 Å². The third kappa shape index (κ3) is 2.52. The van der Waals surface area contributed by atoms with Crippen molar-refractivity contribution in [2.24, 2.45) is 17.8 Å². The van der Waals surface area contributed by atoms with Crippen molar-refractivity contribution in [2.75, 3.05) is 13.6 Å². The molecule has 0 aromatic heterocycles. The molecule has 2 rings (SSSR count). The summed E-state index contributed by atoms with van der Waals surface area (Å²) in [5, 5.41) is 9.14. The molecule has 0 saturated heterocycles. The molecule has 0 N–H and O–H groups in total. The van der Waals surface area contributed by atoms with Gasteiger partial charge in [0.15, 0.2) is 0 Å². The third-order valence-corrected chi connectivity index (χ3v) is 4.26. The molecule has 2 heteroatoms. The summed E-state index contributed by atoms with van der Waals surface area (Å²) in [6.45, 7) is 3.55. The summed E-state index contributed by atoms with van der Waals surface area (Å²) in [5.41, 5.74) is 0. The topological polar surface area (TPSA) is 27.0 Å². The van der Waals surface area contributed by atoms with E-state index in [-0.39, 0.29) is 5.92 Å². The Morgan fingerprint density at radius 3 is 2.60 bits per heavy atom. The molecule has 4 atom stereocenters. The third-order valence-electron chi connectivity index (χ3n) is 4.26. The molecule has 2 saturated carbocycles. The van der Waals surface area contributed by atoms with Gasteiger partial charge in [0.1, 0.15) is 0 Å². The van der Waals surface area contributed by atoms with Gasteiger partial charge in [-0.3, -0.25) is 0 Å². The van der Waals surface area contributed by atoms with E-state index >= 15 is 0 Å². The summed E-state index contributed by atoms with van der Waals surface area (Å²) >= 11 is 0. The zero-order valence-corrected chi connectivity index (χ0v) is 9.95. The molecule has 15 heavy (non-hydrogen) atoms. The van der Waals surface area contributed by atoms with Gasteiger partial charge in [-0.15, -0.1) is 0 Å². The molecular weight excluding hydrogens is 184 g/mol. The molecule has 0 aromatic rings. The predicted molar refractivity (Wildman–Crippen MR) is 61.3 cm³/mol. The van der Waals surface area contributed by atoms with E-state index in [1.807, 2.05) is 0 Å². The molecule has 0 aromatic carbocycles. The Bertz CT molecular complexity index is 256. The molecule has 84 valence electrons. The molecule has 0 heterocycles. The summed E-state index contributed by atoms with van der Waals surface area (Å²) in [4.78, 5) is 2.46. The van der Waals surface area contributed by atoms with Crippen LogP contribution in [0.4, 0.5) is 0 Å². The Morgan fingerprint density at radius 1 is 1.33 bits per heavy atom. The van der Waals surface area contributed by atoms with Gasteiger partial charge in [0.05, 0.1) is 12.0 Å². The minimum Gasteiger partial charge on any atom is -0.302 e. The second-order valence-electron chi connectivity index (χ2n) is 5.50. The lowest BCUT2D eigenvalue weighted by Gasteiger charge is -2.34. The molecule has 0 amide bonds. The van der Waals surface area contributed by atoms with E-state index in [1.54, 1.807) is 0 Å². The lowest BCUT2D eigenvalue weighted by atomic mass is 9.84. The molecule has 4 unspecified atom stereocenters. The van der Waals surface area contributed by atoms with Crippen LogP contribution in [0.15, 0.2) is 0 Å². The monoisotopic (exact) mass is 206 g/mol. The van der Waals surface area contributed by atoms with Gasteiger partial charge in [0.2, 0.25) is 0 Å². The lowest BCUT2D eigenvalue weighted by molar-refractivity contribution is 0.150. The molecule has 0 radical (unpaired) electrons. The highest BCUT2D eigenvalue weighted by Gasteiger charge is 2.36. The van der Waals surface area contributed by atoms with Crippen molar-refractivity contribution in [3.63, 3.8) is 0 Å². The van der Waals surface area contributed by atoms with Crippen LogP contribution in [0.5, 0.6) is 0 Å². The second kappa shape index (κ2) is 4.53. The molecule has 2 aliphatic rings. The fourth-order valence-electron chi connectivity index (χ4n) is 2.95. The average Bonchev–Trinajstić information content (AvgIpc) is 2.94. The molecule has 2 nitrogen and oxygen atoms in total. The van der Waals surface area contributed by atoms with Crippen LogP contribution in [0, 0.1) is 29.1 Å². The van der Waals surface area contributed by atoms with Crippen LogP contribution in [0.1, 0.15) is 39.0 Å². The first kappa shape index (κ1) is 11.0. The highest BCUT2D eigenvalue weighted by Crippen LogP contribution is 2.39. The van der Waals surface area contributed by atoms with Gasteiger partial charge in [0, 0.05) is 12.6 Å². The summed E-state index contributed by atoms with van der Waals surface area (Å²) in [6.07, 6.45) is 6.31. The van der Waals surface area contributed by atoms with Gasteiger partial charge in [-0.05, 0) is 38.1 Å². The van der Waals surface area contributed by atoms with Gasteiger partial charge < -0.3 is 4.90 Å². The maximum Gasteiger partial charge on any atom is 0.0672 e. The molecule has 0 aliphatic heterocycles. The van der Waals surface area contributed by atoms with Crippen molar-refractivity contribution in [3.8, 4) is 6.07 Å². The van der Waals surface area contributed by atoms with E-state index < -0.39 is 0 Å². The average molecular weight is 206 g/mol. The molecule has 0 bridgehead atoms. The first-order chi connectivity index (χ1) is 7.22. The fraction of sp³-hybridized carbons (Fsp3) is 0.923. The summed E-state index contributed by atoms with van der Waals surface area (Å²) < 4.78 is 0. The van der Waals surface area contributed by atoms with Crippen LogP contribution < -0.4 is 0 Å². The van der Waals surface area contributed by atoms with Crippen molar-refractivity contribution in [3.05, 3.63) is 0 Å². The van der Waals surface area contributed by atoms with Gasteiger partial charge >= 0.3 is 0 Å². The standard InChI is InChI=1S/C13H22N2/c1-10-7-12(10)9-15(2)13-6-4-3-5-11(13)8-14/h10-13H,3-7,9H2,1-2H3. The van der Waals surface area contributed by atoms with Crippen LogP contribution in [-0.4, -0.2) is 24.5 Å². The van der Waals surface area contributed by atoms with Crippen LogP contribution in [0.2, 0.25) is 0 Å². The van der Waals surface area contributed by atoms with Crippen molar-refractivity contribution in [2.45, 2.75) is 45.1 Å². The quantitative estimate of drug-likeness (QED) is 0.710. The normalized spacial score (nSPS) is 40.1. The lowest BCUT2D eigenvalue weighted by Crippen LogP contribution is -2.40. The fourth-order valence-corrected chi connectivity index (χ4v) is 2.95. The maximum atomic E-state index is 9.14. The largest absolute Gasteiger partial charge is 0.302 e. The first-order valence-corrected chi connectivity index (χ1v) is 6.32. The summed E-state index contributed by atoms with van der Waals surface area (Å²) in [6, 6.07) is 3.04. The van der Waals surface area contributed by atoms with Crippen molar-refractivity contribution in [1.29, 1.82) is 5.26 Å². The highest BCUT2D eigenvalue weighted by atomic mass is 15.1. The zero-order chi connectivity index (χ0) is 10.8. The Hall–Kier alpha value is -0.550. The van der Waals surface area contributed by atoms with Crippen LogP contribution >= 0.6 is 0 Å². The summed E-state index contributed by atoms with van der Waals surface area (Å²) in [7, 11) is 2.21. The van der Waals surface area contributed by atoms with Gasteiger partial charge in [-0.2, -0.15) is 5.26 Å². The Kier molecular flexibility index (Phi) is 3.31. The van der Waals surface area contributed by atoms with E-state index in [1.165, 1.54) is 32.2 Å². The Labute approximate surface area is 93.3 Å². The Morgan fingerprint density at radius 2 is 2.00 bits per heavy atom. The zero-order valence-electron chi connectivity index (χ0n) is 9.95. The Balaban J connectivity index is 1.86. The van der Waals surface area contributed by atoms with Crippen molar-refractivity contribution in [1.82, 2.24) is 4.90 Å². The minimum absolute atomic E-state index is 0.290. The molecular formula is C13H22N2. The van der Waals surface area contributed by atoms with E-state index in [4.69, 9.17) is 5.26 Å². The SMILES string of the molecule is CC1CC1CN(C)C1CCCCC1C#N. The summed E-state index contributed by atoms with van der Waals surface area (Å²) in [5.74, 6) is 2.13. The maximum absolute atomic E-state index is 9.14. The number of nitrogens with zero attached hydrogens (tertiary/aromatic N) is 2. The molecule has 2 aliphatic carbocycles. The first-order valence-electron chi connectivity index (χ1n) is 6.32. The van der Waals surface area contributed by atoms with Gasteiger partial charge in [-0.1, -0.05) is 19.8 Å². The number of hydrogen-bond donors (Lipinski definition) is 0. The van der Waals surface area contributed by atoms with E-state index in [2.05, 4.69) is 24.9 Å². The molecule has 0 spiro atoms.